The van der Waals surface area contributed by atoms with Crippen molar-refractivity contribution in [2.45, 2.75) is 23.6 Å². The van der Waals surface area contributed by atoms with Gasteiger partial charge in [0.2, 0.25) is 0 Å². The van der Waals surface area contributed by atoms with Crippen molar-refractivity contribution in [2.75, 3.05) is 5.73 Å². The molecule has 0 radical (unpaired) electrons. The van der Waals surface area contributed by atoms with E-state index in [0.717, 1.165) is 11.8 Å². The summed E-state index contributed by atoms with van der Waals surface area (Å²) in [5.41, 5.74) is 6.24. The fourth-order valence-corrected chi connectivity index (χ4v) is 2.89. The van der Waals surface area contributed by atoms with E-state index >= 15 is 0 Å². The Morgan fingerprint density at radius 2 is 1.65 bits per heavy atom. The average molecular weight is 354 g/mol. The van der Waals surface area contributed by atoms with Gasteiger partial charge in [0, 0.05) is 20.5 Å². The number of rotatable bonds is 4. The van der Waals surface area contributed by atoms with Crippen molar-refractivity contribution in [3.63, 3.8) is 0 Å². The molecule has 0 saturated carbocycles. The Balaban J connectivity index is 0.00000127. The maximum Gasteiger partial charge on any atom is 0.336 e. The third-order valence-electron chi connectivity index (χ3n) is 2.65. The summed E-state index contributed by atoms with van der Waals surface area (Å²) in [5.74, 6) is -2.15. The summed E-state index contributed by atoms with van der Waals surface area (Å²) in [4.78, 5) is 23.0. The second kappa shape index (κ2) is 8.45. The molecule has 2 aromatic rings. The van der Waals surface area contributed by atoms with Gasteiger partial charge in [0.05, 0.1) is 11.1 Å². The Morgan fingerprint density at radius 1 is 1.00 bits per heavy atom. The predicted octanol–water partition coefficient (Wildman–Crippen LogP) is 4.50. The van der Waals surface area contributed by atoms with Gasteiger partial charge >= 0.3 is 11.9 Å². The van der Waals surface area contributed by atoms with Gasteiger partial charge in [-0.2, -0.15) is 0 Å². The Morgan fingerprint density at radius 3 is 2.17 bits per heavy atom. The predicted molar refractivity (Wildman–Crippen MR) is 91.7 cm³/mol. The fourth-order valence-electron chi connectivity index (χ4n) is 1.65. The van der Waals surface area contributed by atoms with E-state index in [-0.39, 0.29) is 16.8 Å². The summed E-state index contributed by atoms with van der Waals surface area (Å²) in [7, 11) is 0. The first-order chi connectivity index (χ1) is 10.9. The molecule has 4 N–H and O–H groups in total. The van der Waals surface area contributed by atoms with Crippen LogP contribution >= 0.6 is 23.4 Å². The van der Waals surface area contributed by atoms with Gasteiger partial charge < -0.3 is 15.9 Å². The van der Waals surface area contributed by atoms with Gasteiger partial charge in [-0.1, -0.05) is 37.2 Å². The number of nitrogen functional groups attached to an aromatic ring is 1. The number of aromatic carboxylic acids is 2. The molecule has 0 aromatic heterocycles. The second-order valence-electron chi connectivity index (χ2n) is 4.11. The van der Waals surface area contributed by atoms with Crippen LogP contribution < -0.4 is 5.73 Å². The monoisotopic (exact) mass is 353 g/mol. The van der Waals surface area contributed by atoms with Crippen molar-refractivity contribution < 1.29 is 19.8 Å². The maximum atomic E-state index is 11.2. The number of anilines is 1. The molecule has 0 atom stereocenters. The Labute approximate surface area is 143 Å². The number of carbonyl (C=O) groups is 2. The van der Waals surface area contributed by atoms with Crippen molar-refractivity contribution in [1.29, 1.82) is 0 Å². The lowest BCUT2D eigenvalue weighted by atomic mass is 10.2. The molecule has 7 heteroatoms. The van der Waals surface area contributed by atoms with Crippen LogP contribution in [0.5, 0.6) is 0 Å². The molecule has 0 aliphatic heterocycles. The normalized spacial score (nSPS) is 9.70. The topological polar surface area (TPSA) is 101 Å². The van der Waals surface area contributed by atoms with Gasteiger partial charge in [0.15, 0.2) is 0 Å². The Kier molecular flexibility index (Phi) is 6.93. The molecule has 0 bridgehead atoms. The summed E-state index contributed by atoms with van der Waals surface area (Å²) in [6.07, 6.45) is 0. The molecule has 0 saturated heterocycles. The molecule has 5 nitrogen and oxygen atoms in total. The SMILES string of the molecule is CC.Nc1cc(C(=O)O)ccc1Sc1cc(Cl)ccc1C(=O)O. The summed E-state index contributed by atoms with van der Waals surface area (Å²) in [6.45, 7) is 4.00. The summed E-state index contributed by atoms with van der Waals surface area (Å²) in [5, 5.41) is 18.4. The molecule has 0 aliphatic carbocycles. The van der Waals surface area contributed by atoms with Gasteiger partial charge in [-0.25, -0.2) is 9.59 Å². The number of carboxylic acid groups (broad SMARTS) is 2. The third-order valence-corrected chi connectivity index (χ3v) is 4.04. The van der Waals surface area contributed by atoms with Crippen LogP contribution in [0.3, 0.4) is 0 Å². The van der Waals surface area contributed by atoms with Crippen LogP contribution in [-0.2, 0) is 0 Å². The van der Waals surface area contributed by atoms with Gasteiger partial charge in [0.25, 0.3) is 0 Å². The van der Waals surface area contributed by atoms with E-state index in [1.807, 2.05) is 13.8 Å². The highest BCUT2D eigenvalue weighted by atomic mass is 35.5. The van der Waals surface area contributed by atoms with E-state index in [1.165, 1.54) is 36.4 Å². The zero-order valence-corrected chi connectivity index (χ0v) is 14.1. The molecule has 2 rings (SSSR count). The molecule has 0 heterocycles. The van der Waals surface area contributed by atoms with Crippen molar-refractivity contribution >= 4 is 41.0 Å². The lowest BCUT2D eigenvalue weighted by Crippen LogP contribution is -2.00. The minimum atomic E-state index is -1.08. The Bertz CT molecular complexity index is 734. The second-order valence-corrected chi connectivity index (χ2v) is 5.63. The van der Waals surface area contributed by atoms with Crippen molar-refractivity contribution in [2.24, 2.45) is 0 Å². The number of hydrogen-bond acceptors (Lipinski definition) is 4. The minimum absolute atomic E-state index is 0.0707. The van der Waals surface area contributed by atoms with Gasteiger partial charge in [0.1, 0.15) is 0 Å². The molecule has 23 heavy (non-hydrogen) atoms. The average Bonchev–Trinajstić information content (AvgIpc) is 2.51. The fraction of sp³-hybridized carbons (Fsp3) is 0.125. The van der Waals surface area contributed by atoms with Crippen LogP contribution in [-0.4, -0.2) is 22.2 Å². The highest BCUT2D eigenvalue weighted by molar-refractivity contribution is 7.99. The van der Waals surface area contributed by atoms with Crippen LogP contribution in [0.25, 0.3) is 0 Å². The number of hydrogen-bond donors (Lipinski definition) is 3. The molecule has 2 aromatic carbocycles. The molecular weight excluding hydrogens is 338 g/mol. The summed E-state index contributed by atoms with van der Waals surface area (Å²) < 4.78 is 0. The molecular formula is C16H16ClNO4S. The van der Waals surface area contributed by atoms with Gasteiger partial charge in [-0.3, -0.25) is 0 Å². The first-order valence-electron chi connectivity index (χ1n) is 6.72. The molecule has 0 amide bonds. The van der Waals surface area contributed by atoms with E-state index in [0.29, 0.717) is 14.8 Å². The molecule has 0 spiro atoms. The number of benzene rings is 2. The van der Waals surface area contributed by atoms with E-state index in [1.54, 1.807) is 0 Å². The molecule has 122 valence electrons. The lowest BCUT2D eigenvalue weighted by molar-refractivity contribution is 0.0684. The number of nitrogens with two attached hydrogens (primary N) is 1. The molecule has 0 fully saturated rings. The van der Waals surface area contributed by atoms with Gasteiger partial charge in [-0.15, -0.1) is 0 Å². The molecule has 0 unspecified atom stereocenters. The van der Waals surface area contributed by atoms with Crippen LogP contribution in [0.1, 0.15) is 34.6 Å². The highest BCUT2D eigenvalue weighted by Crippen LogP contribution is 2.36. The van der Waals surface area contributed by atoms with Crippen molar-refractivity contribution in [3.8, 4) is 0 Å². The summed E-state index contributed by atoms with van der Waals surface area (Å²) in [6, 6.07) is 8.71. The van der Waals surface area contributed by atoms with E-state index in [9.17, 15) is 9.59 Å². The maximum absolute atomic E-state index is 11.2. The van der Waals surface area contributed by atoms with Crippen LogP contribution in [0, 0.1) is 0 Å². The highest BCUT2D eigenvalue weighted by Gasteiger charge is 2.14. The smallest absolute Gasteiger partial charge is 0.336 e. The largest absolute Gasteiger partial charge is 0.478 e. The zero-order valence-electron chi connectivity index (χ0n) is 12.5. The summed E-state index contributed by atoms with van der Waals surface area (Å²) >= 11 is 7.00. The van der Waals surface area contributed by atoms with Crippen LogP contribution in [0.2, 0.25) is 5.02 Å². The number of carboxylic acids is 2. The zero-order chi connectivity index (χ0) is 17.6. The van der Waals surface area contributed by atoms with Crippen molar-refractivity contribution in [1.82, 2.24) is 0 Å². The molecule has 0 aliphatic rings. The van der Waals surface area contributed by atoms with Crippen molar-refractivity contribution in [3.05, 3.63) is 52.5 Å². The van der Waals surface area contributed by atoms with Gasteiger partial charge in [-0.05, 0) is 36.4 Å². The van der Waals surface area contributed by atoms with E-state index in [2.05, 4.69) is 0 Å². The number of halogens is 1. The lowest BCUT2D eigenvalue weighted by Gasteiger charge is -2.09. The van der Waals surface area contributed by atoms with Crippen LogP contribution in [0.4, 0.5) is 5.69 Å². The quantitative estimate of drug-likeness (QED) is 0.700. The standard InChI is InChI=1S/C14H10ClNO4S.C2H6/c15-8-2-3-9(14(19)20)12(6-8)21-11-4-1-7(13(17)18)5-10(11)16;1-2/h1-6H,16H2,(H,17,18)(H,19,20);1-2H3. The Hall–Kier alpha value is -2.18. The van der Waals surface area contributed by atoms with Crippen LogP contribution in [0.15, 0.2) is 46.2 Å². The third kappa shape index (κ3) is 4.91. The van der Waals surface area contributed by atoms with E-state index in [4.69, 9.17) is 27.5 Å². The first-order valence-corrected chi connectivity index (χ1v) is 7.91. The van der Waals surface area contributed by atoms with E-state index < -0.39 is 11.9 Å². The minimum Gasteiger partial charge on any atom is -0.478 e. The first kappa shape index (κ1) is 18.9.